The third-order valence-corrected chi connectivity index (χ3v) is 7.70. The molecule has 30 heavy (non-hydrogen) atoms. The standard InChI is InChI=1S/C20H26FN5O3S/c1-23-10-7-19-20(23)18(22-27)15-26(30(19,28)29)9-2-8-24-11-13-25(14-12-24)17-5-3-16(21)4-6-17/h3-7,10,27H,2,8-9,11-15H2,1H3/b22-18+. The molecule has 0 amide bonds. The normalized spacial score (nSPS) is 21.1. The van der Waals surface area contributed by atoms with Crippen LogP contribution in [-0.2, 0) is 17.1 Å². The van der Waals surface area contributed by atoms with Crippen LogP contribution in [-0.4, -0.2) is 78.9 Å². The van der Waals surface area contributed by atoms with Crippen LogP contribution >= 0.6 is 0 Å². The fraction of sp³-hybridized carbons (Fsp3) is 0.450. The highest BCUT2D eigenvalue weighted by Crippen LogP contribution is 2.27. The van der Waals surface area contributed by atoms with Crippen molar-refractivity contribution in [3.8, 4) is 0 Å². The number of rotatable bonds is 5. The van der Waals surface area contributed by atoms with Gasteiger partial charge in [-0.05, 0) is 43.3 Å². The van der Waals surface area contributed by atoms with E-state index in [4.69, 9.17) is 0 Å². The van der Waals surface area contributed by atoms with E-state index in [1.165, 1.54) is 16.4 Å². The minimum absolute atomic E-state index is 0.0715. The summed E-state index contributed by atoms with van der Waals surface area (Å²) in [6.45, 7) is 4.67. The summed E-state index contributed by atoms with van der Waals surface area (Å²) >= 11 is 0. The van der Waals surface area contributed by atoms with Gasteiger partial charge in [0, 0.05) is 51.7 Å². The molecule has 4 rings (SSSR count). The fourth-order valence-electron chi connectivity index (χ4n) is 4.16. The van der Waals surface area contributed by atoms with E-state index in [1.807, 2.05) is 0 Å². The van der Waals surface area contributed by atoms with Crippen molar-refractivity contribution in [3.05, 3.63) is 48.0 Å². The second kappa shape index (κ2) is 8.37. The molecule has 0 spiro atoms. The molecule has 162 valence electrons. The van der Waals surface area contributed by atoms with E-state index in [0.717, 1.165) is 38.4 Å². The SMILES string of the molecule is Cn1ccc2c1/C(=N/O)CN(CCCN1CCN(c3ccc(F)cc3)CC1)S2(=O)=O. The van der Waals surface area contributed by atoms with Crippen molar-refractivity contribution >= 4 is 21.4 Å². The van der Waals surface area contributed by atoms with E-state index >= 15 is 0 Å². The van der Waals surface area contributed by atoms with Crippen LogP contribution in [0.15, 0.2) is 46.6 Å². The molecule has 3 heterocycles. The number of hydrogen-bond acceptors (Lipinski definition) is 6. The third kappa shape index (κ3) is 3.94. The Bertz CT molecular complexity index is 1030. The number of anilines is 1. The van der Waals surface area contributed by atoms with Gasteiger partial charge in [-0.2, -0.15) is 4.31 Å². The Labute approximate surface area is 175 Å². The van der Waals surface area contributed by atoms with Gasteiger partial charge in [0.15, 0.2) is 0 Å². The molecule has 1 aromatic carbocycles. The van der Waals surface area contributed by atoms with Crippen LogP contribution in [0.2, 0.25) is 0 Å². The monoisotopic (exact) mass is 435 g/mol. The largest absolute Gasteiger partial charge is 0.411 e. The maximum atomic E-state index is 13.1. The number of hydrogen-bond donors (Lipinski definition) is 1. The average Bonchev–Trinajstić information content (AvgIpc) is 3.14. The molecule has 1 fully saturated rings. The zero-order valence-electron chi connectivity index (χ0n) is 16.9. The lowest BCUT2D eigenvalue weighted by molar-refractivity contribution is 0.247. The lowest BCUT2D eigenvalue weighted by Crippen LogP contribution is -2.47. The molecular weight excluding hydrogens is 409 g/mol. The predicted octanol–water partition coefficient (Wildman–Crippen LogP) is 1.56. The summed E-state index contributed by atoms with van der Waals surface area (Å²) in [7, 11) is -1.86. The van der Waals surface area contributed by atoms with Crippen LogP contribution in [0.5, 0.6) is 0 Å². The second-order valence-corrected chi connectivity index (χ2v) is 9.59. The second-order valence-electron chi connectivity index (χ2n) is 7.68. The van der Waals surface area contributed by atoms with E-state index in [1.54, 1.807) is 36.0 Å². The molecule has 1 aromatic heterocycles. The van der Waals surface area contributed by atoms with Crippen molar-refractivity contribution < 1.29 is 18.0 Å². The Morgan fingerprint density at radius 3 is 2.43 bits per heavy atom. The summed E-state index contributed by atoms with van der Waals surface area (Å²) in [4.78, 5) is 4.73. The molecule has 0 atom stereocenters. The van der Waals surface area contributed by atoms with Gasteiger partial charge in [0.1, 0.15) is 16.4 Å². The number of halogens is 1. The van der Waals surface area contributed by atoms with Gasteiger partial charge >= 0.3 is 0 Å². The molecular formula is C20H26FN5O3S. The molecule has 0 aliphatic carbocycles. The predicted molar refractivity (Wildman–Crippen MR) is 112 cm³/mol. The van der Waals surface area contributed by atoms with Crippen LogP contribution in [0.3, 0.4) is 0 Å². The first-order valence-corrected chi connectivity index (χ1v) is 11.4. The summed E-state index contributed by atoms with van der Waals surface area (Å²) < 4.78 is 42.0. The van der Waals surface area contributed by atoms with E-state index in [2.05, 4.69) is 15.0 Å². The highest BCUT2D eigenvalue weighted by molar-refractivity contribution is 7.89. The lowest BCUT2D eigenvalue weighted by Gasteiger charge is -2.36. The van der Waals surface area contributed by atoms with Crippen LogP contribution < -0.4 is 4.90 Å². The number of benzene rings is 1. The zero-order valence-corrected chi connectivity index (χ0v) is 17.7. The van der Waals surface area contributed by atoms with Crippen LogP contribution in [0, 0.1) is 5.82 Å². The Morgan fingerprint density at radius 2 is 1.77 bits per heavy atom. The quantitative estimate of drug-likeness (QED) is 0.570. The van der Waals surface area contributed by atoms with Crippen molar-refractivity contribution in [1.29, 1.82) is 0 Å². The minimum Gasteiger partial charge on any atom is -0.411 e. The zero-order chi connectivity index (χ0) is 21.3. The van der Waals surface area contributed by atoms with Crippen molar-refractivity contribution in [3.63, 3.8) is 0 Å². The van der Waals surface area contributed by atoms with Crippen molar-refractivity contribution in [2.45, 2.75) is 11.3 Å². The molecule has 2 aliphatic heterocycles. The summed E-state index contributed by atoms with van der Waals surface area (Å²) in [5.74, 6) is -0.234. The van der Waals surface area contributed by atoms with Gasteiger partial charge in [-0.25, -0.2) is 12.8 Å². The first-order chi connectivity index (χ1) is 14.4. The molecule has 0 bridgehead atoms. The Hall–Kier alpha value is -2.43. The van der Waals surface area contributed by atoms with E-state index < -0.39 is 10.0 Å². The van der Waals surface area contributed by atoms with E-state index in [0.29, 0.717) is 24.4 Å². The highest BCUT2D eigenvalue weighted by Gasteiger charge is 2.37. The Kier molecular flexibility index (Phi) is 5.81. The van der Waals surface area contributed by atoms with Gasteiger partial charge in [-0.3, -0.25) is 4.90 Å². The van der Waals surface area contributed by atoms with Crippen molar-refractivity contribution in [2.75, 3.05) is 50.7 Å². The average molecular weight is 436 g/mol. The van der Waals surface area contributed by atoms with Gasteiger partial charge in [-0.1, -0.05) is 5.16 Å². The summed E-state index contributed by atoms with van der Waals surface area (Å²) in [6.07, 6.45) is 2.36. The van der Waals surface area contributed by atoms with Gasteiger partial charge in [0.25, 0.3) is 0 Å². The molecule has 2 aromatic rings. The number of piperazine rings is 1. The molecule has 0 saturated carbocycles. The summed E-state index contributed by atoms with van der Waals surface area (Å²) in [6, 6.07) is 8.09. The topological polar surface area (TPSA) is 81.4 Å². The molecule has 1 N–H and O–H groups in total. The molecule has 8 nitrogen and oxygen atoms in total. The third-order valence-electron chi connectivity index (χ3n) is 5.82. The van der Waals surface area contributed by atoms with Crippen LogP contribution in [0.25, 0.3) is 0 Å². The number of aryl methyl sites for hydroxylation is 1. The molecule has 0 unspecified atom stereocenters. The van der Waals surface area contributed by atoms with Crippen molar-refractivity contribution in [2.24, 2.45) is 12.2 Å². The summed E-state index contributed by atoms with van der Waals surface area (Å²) in [5.41, 5.74) is 1.83. The van der Waals surface area contributed by atoms with Crippen LogP contribution in [0.4, 0.5) is 10.1 Å². The van der Waals surface area contributed by atoms with Gasteiger partial charge in [-0.15, -0.1) is 0 Å². The molecule has 0 radical (unpaired) electrons. The first kappa shape index (κ1) is 20.8. The maximum absolute atomic E-state index is 13.1. The number of sulfonamides is 1. The van der Waals surface area contributed by atoms with E-state index in [9.17, 15) is 18.0 Å². The van der Waals surface area contributed by atoms with Gasteiger partial charge < -0.3 is 14.7 Å². The van der Waals surface area contributed by atoms with Gasteiger partial charge in [0.05, 0.1) is 12.2 Å². The number of fused-ring (bicyclic) bond motifs is 1. The maximum Gasteiger partial charge on any atom is 0.245 e. The highest BCUT2D eigenvalue weighted by atomic mass is 32.2. The summed E-state index contributed by atoms with van der Waals surface area (Å²) in [5, 5.41) is 12.7. The van der Waals surface area contributed by atoms with Crippen LogP contribution in [0.1, 0.15) is 12.1 Å². The van der Waals surface area contributed by atoms with E-state index in [-0.39, 0.29) is 17.3 Å². The molecule has 10 heteroatoms. The molecule has 2 aliphatic rings. The Morgan fingerprint density at radius 1 is 1.07 bits per heavy atom. The first-order valence-electron chi connectivity index (χ1n) is 10.00. The Balaban J connectivity index is 1.31. The number of aromatic nitrogens is 1. The lowest BCUT2D eigenvalue weighted by atomic mass is 10.2. The van der Waals surface area contributed by atoms with Crippen molar-refractivity contribution in [1.82, 2.24) is 13.8 Å². The number of oxime groups is 1. The molecule has 1 saturated heterocycles. The number of nitrogens with zero attached hydrogens (tertiary/aromatic N) is 5. The fourth-order valence-corrected chi connectivity index (χ4v) is 5.84. The minimum atomic E-state index is -3.59. The van der Waals surface area contributed by atoms with Gasteiger partial charge in [0.2, 0.25) is 10.0 Å². The smallest absolute Gasteiger partial charge is 0.245 e.